The maximum Gasteiger partial charge on any atom is 0.129 e. The van der Waals surface area contributed by atoms with E-state index in [0.717, 1.165) is 17.7 Å². The van der Waals surface area contributed by atoms with Crippen LogP contribution >= 0.6 is 0 Å². The zero-order valence-electron chi connectivity index (χ0n) is 9.48. The fourth-order valence-electron chi connectivity index (χ4n) is 2.35. The molecule has 2 rings (SSSR count). The molecule has 1 aromatic rings. The summed E-state index contributed by atoms with van der Waals surface area (Å²) < 4.78 is 0. The summed E-state index contributed by atoms with van der Waals surface area (Å²) >= 11 is 0. The average Bonchev–Trinajstić information content (AvgIpc) is 2.26. The van der Waals surface area contributed by atoms with Crippen molar-refractivity contribution in [1.29, 1.82) is 0 Å². The third-order valence-electron chi connectivity index (χ3n) is 3.62. The summed E-state index contributed by atoms with van der Waals surface area (Å²) in [6, 6.07) is 2.51. The van der Waals surface area contributed by atoms with E-state index in [1.54, 1.807) is 12.5 Å². The molecule has 0 bridgehead atoms. The summed E-state index contributed by atoms with van der Waals surface area (Å²) in [4.78, 5) is 8.13. The predicted molar refractivity (Wildman–Crippen MR) is 61.6 cm³/mol. The Bertz CT molecular complexity index is 299. The standard InChI is InChI=1S/C12H19N3/c1-9-4-3-5-11(10(9)2)15-12-6-7-13-8-14-12/h6-11H,3-5H2,1-2H3,(H,13,14,15). The fourth-order valence-corrected chi connectivity index (χ4v) is 2.35. The molecule has 1 heterocycles. The van der Waals surface area contributed by atoms with Gasteiger partial charge < -0.3 is 5.32 Å². The first-order chi connectivity index (χ1) is 7.27. The summed E-state index contributed by atoms with van der Waals surface area (Å²) in [5.74, 6) is 2.50. The highest BCUT2D eigenvalue weighted by molar-refractivity contribution is 5.33. The smallest absolute Gasteiger partial charge is 0.129 e. The summed E-state index contributed by atoms with van der Waals surface area (Å²) in [6.07, 6.45) is 7.33. The molecular formula is C12H19N3. The van der Waals surface area contributed by atoms with Crippen LogP contribution in [-0.2, 0) is 0 Å². The van der Waals surface area contributed by atoms with Crippen molar-refractivity contribution in [2.24, 2.45) is 11.8 Å². The molecule has 3 atom stereocenters. The first kappa shape index (κ1) is 10.4. The van der Waals surface area contributed by atoms with Gasteiger partial charge in [0.2, 0.25) is 0 Å². The SMILES string of the molecule is CC1CCCC(Nc2ccncn2)C1C. The van der Waals surface area contributed by atoms with Gasteiger partial charge in [-0.2, -0.15) is 0 Å². The molecule has 1 fully saturated rings. The van der Waals surface area contributed by atoms with E-state index < -0.39 is 0 Å². The normalized spacial score (nSPS) is 31.2. The fraction of sp³-hybridized carbons (Fsp3) is 0.667. The van der Waals surface area contributed by atoms with E-state index in [4.69, 9.17) is 0 Å². The number of rotatable bonds is 2. The maximum atomic E-state index is 4.21. The molecular weight excluding hydrogens is 186 g/mol. The van der Waals surface area contributed by atoms with Crippen LogP contribution in [0.4, 0.5) is 5.82 Å². The molecule has 3 heteroatoms. The van der Waals surface area contributed by atoms with Crippen molar-refractivity contribution >= 4 is 5.82 Å². The monoisotopic (exact) mass is 205 g/mol. The average molecular weight is 205 g/mol. The summed E-state index contributed by atoms with van der Waals surface area (Å²) in [7, 11) is 0. The quantitative estimate of drug-likeness (QED) is 0.806. The Morgan fingerprint density at radius 1 is 1.33 bits per heavy atom. The molecule has 0 radical (unpaired) electrons. The van der Waals surface area contributed by atoms with Gasteiger partial charge in [-0.25, -0.2) is 9.97 Å². The highest BCUT2D eigenvalue weighted by Crippen LogP contribution is 2.30. The Kier molecular flexibility index (Phi) is 3.19. The second-order valence-electron chi connectivity index (χ2n) is 4.61. The van der Waals surface area contributed by atoms with Gasteiger partial charge in [-0.15, -0.1) is 0 Å². The predicted octanol–water partition coefficient (Wildman–Crippen LogP) is 2.71. The van der Waals surface area contributed by atoms with Gasteiger partial charge >= 0.3 is 0 Å². The largest absolute Gasteiger partial charge is 0.367 e. The van der Waals surface area contributed by atoms with E-state index in [1.165, 1.54) is 19.3 Å². The summed E-state index contributed by atoms with van der Waals surface area (Å²) in [5, 5.41) is 3.51. The molecule has 0 saturated heterocycles. The maximum absolute atomic E-state index is 4.21. The molecule has 82 valence electrons. The van der Waals surface area contributed by atoms with Gasteiger partial charge in [0.25, 0.3) is 0 Å². The van der Waals surface area contributed by atoms with Crippen molar-refractivity contribution in [3.8, 4) is 0 Å². The van der Waals surface area contributed by atoms with Gasteiger partial charge in [0.1, 0.15) is 12.1 Å². The van der Waals surface area contributed by atoms with E-state index in [0.29, 0.717) is 6.04 Å². The molecule has 3 unspecified atom stereocenters. The van der Waals surface area contributed by atoms with Crippen molar-refractivity contribution in [3.63, 3.8) is 0 Å². The van der Waals surface area contributed by atoms with E-state index in [2.05, 4.69) is 29.1 Å². The molecule has 1 saturated carbocycles. The lowest BCUT2D eigenvalue weighted by molar-refractivity contribution is 0.253. The molecule has 0 spiro atoms. The molecule has 0 aromatic carbocycles. The van der Waals surface area contributed by atoms with Gasteiger partial charge in [0.05, 0.1) is 0 Å². The third kappa shape index (κ3) is 2.46. The van der Waals surface area contributed by atoms with Crippen LogP contribution < -0.4 is 5.32 Å². The van der Waals surface area contributed by atoms with Gasteiger partial charge in [-0.05, 0) is 24.3 Å². The Morgan fingerprint density at radius 3 is 2.93 bits per heavy atom. The lowest BCUT2D eigenvalue weighted by Gasteiger charge is -2.34. The second-order valence-corrected chi connectivity index (χ2v) is 4.61. The number of anilines is 1. The minimum Gasteiger partial charge on any atom is -0.367 e. The highest BCUT2D eigenvalue weighted by atomic mass is 15.0. The Hall–Kier alpha value is -1.12. The lowest BCUT2D eigenvalue weighted by atomic mass is 9.78. The van der Waals surface area contributed by atoms with Crippen LogP contribution in [0.25, 0.3) is 0 Å². The molecule has 1 N–H and O–H groups in total. The Balaban J connectivity index is 1.99. The van der Waals surface area contributed by atoms with Crippen LogP contribution in [0, 0.1) is 11.8 Å². The van der Waals surface area contributed by atoms with Crippen molar-refractivity contribution in [1.82, 2.24) is 9.97 Å². The van der Waals surface area contributed by atoms with E-state index >= 15 is 0 Å². The molecule has 1 aromatic heterocycles. The zero-order valence-corrected chi connectivity index (χ0v) is 9.48. The third-order valence-corrected chi connectivity index (χ3v) is 3.62. The molecule has 0 aliphatic heterocycles. The minimum atomic E-state index is 0.573. The van der Waals surface area contributed by atoms with Crippen LogP contribution in [0.5, 0.6) is 0 Å². The number of nitrogens with zero attached hydrogens (tertiary/aromatic N) is 2. The molecule has 0 amide bonds. The van der Waals surface area contributed by atoms with Crippen LogP contribution in [0.1, 0.15) is 33.1 Å². The van der Waals surface area contributed by atoms with Crippen molar-refractivity contribution in [2.45, 2.75) is 39.2 Å². The van der Waals surface area contributed by atoms with Crippen LogP contribution in [-0.4, -0.2) is 16.0 Å². The first-order valence-corrected chi connectivity index (χ1v) is 5.80. The van der Waals surface area contributed by atoms with Crippen LogP contribution in [0.3, 0.4) is 0 Å². The van der Waals surface area contributed by atoms with E-state index in [1.807, 2.05) is 6.07 Å². The topological polar surface area (TPSA) is 37.8 Å². The summed E-state index contributed by atoms with van der Waals surface area (Å²) in [6.45, 7) is 4.68. The minimum absolute atomic E-state index is 0.573. The molecule has 1 aliphatic carbocycles. The Labute approximate surface area is 91.3 Å². The number of hydrogen-bond acceptors (Lipinski definition) is 3. The molecule has 1 aliphatic rings. The first-order valence-electron chi connectivity index (χ1n) is 5.80. The highest BCUT2D eigenvalue weighted by Gasteiger charge is 2.26. The van der Waals surface area contributed by atoms with Crippen molar-refractivity contribution in [3.05, 3.63) is 18.6 Å². The van der Waals surface area contributed by atoms with Crippen molar-refractivity contribution < 1.29 is 0 Å². The van der Waals surface area contributed by atoms with Gasteiger partial charge in [0, 0.05) is 12.2 Å². The van der Waals surface area contributed by atoms with Gasteiger partial charge in [0.15, 0.2) is 0 Å². The van der Waals surface area contributed by atoms with Crippen molar-refractivity contribution in [2.75, 3.05) is 5.32 Å². The lowest BCUT2D eigenvalue weighted by Crippen LogP contribution is -2.35. The van der Waals surface area contributed by atoms with Gasteiger partial charge in [-0.3, -0.25) is 0 Å². The Morgan fingerprint density at radius 2 is 2.20 bits per heavy atom. The number of hydrogen-bond donors (Lipinski definition) is 1. The zero-order chi connectivity index (χ0) is 10.7. The molecule has 3 nitrogen and oxygen atoms in total. The van der Waals surface area contributed by atoms with Gasteiger partial charge in [-0.1, -0.05) is 26.7 Å². The summed E-state index contributed by atoms with van der Waals surface area (Å²) in [5.41, 5.74) is 0. The van der Waals surface area contributed by atoms with E-state index in [-0.39, 0.29) is 0 Å². The van der Waals surface area contributed by atoms with Crippen LogP contribution in [0.15, 0.2) is 18.6 Å². The molecule has 15 heavy (non-hydrogen) atoms. The van der Waals surface area contributed by atoms with Crippen LogP contribution in [0.2, 0.25) is 0 Å². The number of aromatic nitrogens is 2. The second kappa shape index (κ2) is 4.60. The van der Waals surface area contributed by atoms with E-state index in [9.17, 15) is 0 Å². The number of nitrogens with one attached hydrogen (secondary N) is 1.